The Labute approximate surface area is 147 Å². The normalized spacial score (nSPS) is 29.3. The quantitative estimate of drug-likeness (QED) is 0.787. The van der Waals surface area contributed by atoms with Crippen LogP contribution in [0.3, 0.4) is 0 Å². The fourth-order valence-corrected chi connectivity index (χ4v) is 4.72. The van der Waals surface area contributed by atoms with Gasteiger partial charge in [-0.05, 0) is 31.6 Å². The molecule has 1 atom stereocenters. The maximum absolute atomic E-state index is 11.6. The van der Waals surface area contributed by atoms with Crippen molar-refractivity contribution in [2.45, 2.75) is 58.1 Å². The zero-order valence-corrected chi connectivity index (χ0v) is 15.8. The van der Waals surface area contributed by atoms with Gasteiger partial charge in [0.2, 0.25) is 5.91 Å². The Morgan fingerprint density at radius 3 is 2.38 bits per heavy atom. The molecule has 0 aliphatic carbocycles. The van der Waals surface area contributed by atoms with E-state index >= 15 is 0 Å². The van der Waals surface area contributed by atoms with Gasteiger partial charge in [0.1, 0.15) is 0 Å². The molecule has 1 spiro atoms. The molecule has 1 amide bonds. The van der Waals surface area contributed by atoms with Crippen LogP contribution < -0.4 is 0 Å². The summed E-state index contributed by atoms with van der Waals surface area (Å²) in [6, 6.07) is 0.670. The number of hydrogen-bond acceptors (Lipinski definition) is 4. The zero-order valence-electron chi connectivity index (χ0n) is 15.8. The van der Waals surface area contributed by atoms with Crippen LogP contribution in [0.25, 0.3) is 0 Å². The standard InChI is InChI=1S/C19H35N3O2/c1-16(2)15-20-9-11-22(12-10-20)18-4-13-24-19(14-18)5-7-21(8-6-19)17(3)23/h16,18H,4-15H2,1-3H3/t18-/m0/s1. The van der Waals surface area contributed by atoms with Crippen molar-refractivity contribution in [3.8, 4) is 0 Å². The summed E-state index contributed by atoms with van der Waals surface area (Å²) >= 11 is 0. The third-order valence-corrected chi connectivity index (χ3v) is 6.13. The van der Waals surface area contributed by atoms with Gasteiger partial charge in [0.15, 0.2) is 0 Å². The molecule has 0 bridgehead atoms. The molecule has 0 saturated carbocycles. The summed E-state index contributed by atoms with van der Waals surface area (Å²) in [7, 11) is 0. The second-order valence-corrected chi connectivity index (χ2v) is 8.41. The molecule has 0 aromatic rings. The fraction of sp³-hybridized carbons (Fsp3) is 0.947. The predicted molar refractivity (Wildman–Crippen MR) is 96.0 cm³/mol. The van der Waals surface area contributed by atoms with Gasteiger partial charge in [-0.2, -0.15) is 0 Å². The van der Waals surface area contributed by atoms with Gasteiger partial charge >= 0.3 is 0 Å². The van der Waals surface area contributed by atoms with Gasteiger partial charge in [0.05, 0.1) is 5.60 Å². The minimum Gasteiger partial charge on any atom is -0.375 e. The second kappa shape index (κ2) is 7.71. The van der Waals surface area contributed by atoms with Gasteiger partial charge in [-0.15, -0.1) is 0 Å². The van der Waals surface area contributed by atoms with Crippen LogP contribution in [0.2, 0.25) is 0 Å². The Balaban J connectivity index is 1.51. The molecule has 0 radical (unpaired) electrons. The van der Waals surface area contributed by atoms with Crippen LogP contribution in [-0.4, -0.2) is 84.7 Å². The van der Waals surface area contributed by atoms with E-state index in [1.807, 2.05) is 4.90 Å². The van der Waals surface area contributed by atoms with E-state index < -0.39 is 0 Å². The predicted octanol–water partition coefficient (Wildman–Crippen LogP) is 1.82. The van der Waals surface area contributed by atoms with Gasteiger partial charge < -0.3 is 14.5 Å². The van der Waals surface area contributed by atoms with Crippen LogP contribution in [0, 0.1) is 5.92 Å². The van der Waals surface area contributed by atoms with Crippen LogP contribution in [0.4, 0.5) is 0 Å². The highest BCUT2D eigenvalue weighted by Gasteiger charge is 2.42. The fourth-order valence-electron chi connectivity index (χ4n) is 4.72. The van der Waals surface area contributed by atoms with Crippen LogP contribution >= 0.6 is 0 Å². The first-order valence-electron chi connectivity index (χ1n) is 9.83. The van der Waals surface area contributed by atoms with Crippen molar-refractivity contribution in [2.24, 2.45) is 5.92 Å². The number of nitrogens with zero attached hydrogens (tertiary/aromatic N) is 3. The molecule has 3 aliphatic heterocycles. The van der Waals surface area contributed by atoms with E-state index in [0.717, 1.165) is 44.9 Å². The first-order valence-corrected chi connectivity index (χ1v) is 9.83. The van der Waals surface area contributed by atoms with Crippen molar-refractivity contribution >= 4 is 5.91 Å². The lowest BCUT2D eigenvalue weighted by Crippen LogP contribution is -2.57. The monoisotopic (exact) mass is 337 g/mol. The number of piperazine rings is 1. The topological polar surface area (TPSA) is 36.0 Å². The van der Waals surface area contributed by atoms with Crippen molar-refractivity contribution in [3.05, 3.63) is 0 Å². The van der Waals surface area contributed by atoms with Crippen molar-refractivity contribution in [1.29, 1.82) is 0 Å². The largest absolute Gasteiger partial charge is 0.375 e. The highest BCUT2D eigenvalue weighted by molar-refractivity contribution is 5.73. The van der Waals surface area contributed by atoms with E-state index in [4.69, 9.17) is 4.74 Å². The SMILES string of the molecule is CC(=O)N1CCC2(CC1)C[C@@H](N1CCN(CC(C)C)CC1)CCO2. The molecule has 3 fully saturated rings. The Bertz CT molecular complexity index is 424. The molecule has 3 rings (SSSR count). The molecule has 138 valence electrons. The molecule has 24 heavy (non-hydrogen) atoms. The minimum absolute atomic E-state index is 0.0317. The highest BCUT2D eigenvalue weighted by Crippen LogP contribution is 2.37. The number of amides is 1. The molecule has 5 nitrogen and oxygen atoms in total. The first kappa shape index (κ1) is 18.2. The first-order chi connectivity index (χ1) is 11.5. The zero-order chi connectivity index (χ0) is 17.2. The molecule has 0 N–H and O–H groups in total. The third-order valence-electron chi connectivity index (χ3n) is 6.13. The maximum atomic E-state index is 11.6. The Kier molecular flexibility index (Phi) is 5.83. The smallest absolute Gasteiger partial charge is 0.219 e. The number of hydrogen-bond donors (Lipinski definition) is 0. The Morgan fingerprint density at radius 2 is 1.79 bits per heavy atom. The molecule has 0 aromatic carbocycles. The lowest BCUT2D eigenvalue weighted by atomic mass is 9.81. The van der Waals surface area contributed by atoms with Crippen molar-refractivity contribution in [3.63, 3.8) is 0 Å². The van der Waals surface area contributed by atoms with E-state index in [0.29, 0.717) is 6.04 Å². The van der Waals surface area contributed by atoms with E-state index in [1.54, 1.807) is 6.92 Å². The summed E-state index contributed by atoms with van der Waals surface area (Å²) in [6.45, 7) is 15.0. The number of likely N-dealkylation sites (tertiary alicyclic amines) is 1. The number of carbonyl (C=O) groups is 1. The van der Waals surface area contributed by atoms with E-state index in [1.165, 1.54) is 39.1 Å². The van der Waals surface area contributed by atoms with Crippen LogP contribution in [0.5, 0.6) is 0 Å². The lowest BCUT2D eigenvalue weighted by molar-refractivity contribution is -0.148. The van der Waals surface area contributed by atoms with Crippen molar-refractivity contribution in [2.75, 3.05) is 52.4 Å². The lowest BCUT2D eigenvalue weighted by Gasteiger charge is -2.49. The van der Waals surface area contributed by atoms with Crippen molar-refractivity contribution < 1.29 is 9.53 Å². The average Bonchev–Trinajstić information content (AvgIpc) is 2.55. The molecule has 5 heteroatoms. The molecular formula is C19H35N3O2. The second-order valence-electron chi connectivity index (χ2n) is 8.41. The molecule has 3 heterocycles. The van der Waals surface area contributed by atoms with Gasteiger partial charge in [-0.25, -0.2) is 0 Å². The minimum atomic E-state index is 0.0317. The van der Waals surface area contributed by atoms with Crippen LogP contribution in [0.15, 0.2) is 0 Å². The summed E-state index contributed by atoms with van der Waals surface area (Å²) in [4.78, 5) is 18.9. The van der Waals surface area contributed by atoms with E-state index in [2.05, 4.69) is 23.6 Å². The van der Waals surface area contributed by atoms with Gasteiger partial charge in [-0.3, -0.25) is 9.69 Å². The Hall–Kier alpha value is -0.650. The number of carbonyl (C=O) groups excluding carboxylic acids is 1. The molecular weight excluding hydrogens is 302 g/mol. The number of rotatable bonds is 3. The maximum Gasteiger partial charge on any atom is 0.219 e. The van der Waals surface area contributed by atoms with Crippen LogP contribution in [-0.2, 0) is 9.53 Å². The summed E-state index contributed by atoms with van der Waals surface area (Å²) in [5.41, 5.74) is 0.0317. The third kappa shape index (κ3) is 4.30. The Morgan fingerprint density at radius 1 is 1.12 bits per heavy atom. The summed E-state index contributed by atoms with van der Waals surface area (Å²) in [6.07, 6.45) is 4.35. The number of ether oxygens (including phenoxy) is 1. The summed E-state index contributed by atoms with van der Waals surface area (Å²) < 4.78 is 6.25. The molecule has 0 unspecified atom stereocenters. The van der Waals surface area contributed by atoms with Gasteiger partial charge in [0, 0.05) is 65.4 Å². The van der Waals surface area contributed by atoms with Crippen molar-refractivity contribution in [1.82, 2.24) is 14.7 Å². The van der Waals surface area contributed by atoms with Crippen LogP contribution in [0.1, 0.15) is 46.5 Å². The summed E-state index contributed by atoms with van der Waals surface area (Å²) in [5, 5.41) is 0. The summed E-state index contributed by atoms with van der Waals surface area (Å²) in [5.74, 6) is 0.966. The molecule has 3 aliphatic rings. The van der Waals surface area contributed by atoms with E-state index in [9.17, 15) is 4.79 Å². The highest BCUT2D eigenvalue weighted by atomic mass is 16.5. The van der Waals surface area contributed by atoms with Gasteiger partial charge in [-0.1, -0.05) is 13.8 Å². The number of piperidine rings is 1. The van der Waals surface area contributed by atoms with E-state index in [-0.39, 0.29) is 11.5 Å². The van der Waals surface area contributed by atoms with Gasteiger partial charge in [0.25, 0.3) is 0 Å². The molecule has 0 aromatic heterocycles. The average molecular weight is 338 g/mol. The molecule has 3 saturated heterocycles.